The minimum absolute atomic E-state index is 0.0463. The molecule has 1 aliphatic rings. The minimum Gasteiger partial charge on any atom is -0.417 e. The fourth-order valence-corrected chi connectivity index (χ4v) is 4.32. The zero-order valence-corrected chi connectivity index (χ0v) is 20.2. The molecule has 5 rings (SSSR count). The monoisotopic (exact) mass is 512 g/mol. The number of esters is 1. The van der Waals surface area contributed by atoms with Crippen LogP contribution in [0.15, 0.2) is 43.0 Å². The van der Waals surface area contributed by atoms with E-state index in [4.69, 9.17) is 4.74 Å². The van der Waals surface area contributed by atoms with Crippen LogP contribution in [-0.2, 0) is 4.79 Å². The van der Waals surface area contributed by atoms with Crippen LogP contribution in [0.1, 0.15) is 19.5 Å². The summed E-state index contributed by atoms with van der Waals surface area (Å²) in [5.74, 6) is -1.66. The summed E-state index contributed by atoms with van der Waals surface area (Å²) < 4.78 is 45.5. The summed E-state index contributed by atoms with van der Waals surface area (Å²) in [5, 5.41) is 11.9. The maximum Gasteiger partial charge on any atom is 0.491 e. The molecule has 0 unspecified atom stereocenters. The summed E-state index contributed by atoms with van der Waals surface area (Å²) >= 11 is 0. The van der Waals surface area contributed by atoms with E-state index in [2.05, 4.69) is 49.2 Å². The molecule has 37 heavy (non-hydrogen) atoms. The van der Waals surface area contributed by atoms with Gasteiger partial charge in [-0.1, -0.05) is 0 Å². The highest BCUT2D eigenvalue weighted by molar-refractivity contribution is 5.81. The maximum atomic E-state index is 13.0. The quantitative estimate of drug-likeness (QED) is 0.412. The fourth-order valence-electron chi connectivity index (χ4n) is 4.32. The number of alkyl halides is 3. The number of nitrogens with one attached hydrogen (secondary N) is 1. The van der Waals surface area contributed by atoms with Crippen molar-refractivity contribution in [2.45, 2.75) is 39.0 Å². The van der Waals surface area contributed by atoms with Crippen molar-refractivity contribution in [1.29, 1.82) is 0 Å². The van der Waals surface area contributed by atoms with Gasteiger partial charge in [-0.2, -0.15) is 13.2 Å². The number of aryl methyl sites for hydroxylation is 1. The summed E-state index contributed by atoms with van der Waals surface area (Å²) in [6.07, 6.45) is 1.24. The van der Waals surface area contributed by atoms with E-state index in [9.17, 15) is 18.0 Å². The molecule has 5 heterocycles. The molecule has 1 fully saturated rings. The number of ether oxygens (including phenoxy) is 1. The van der Waals surface area contributed by atoms with Crippen LogP contribution >= 0.6 is 0 Å². The Morgan fingerprint density at radius 3 is 2.46 bits per heavy atom. The van der Waals surface area contributed by atoms with Crippen LogP contribution < -0.4 is 15.0 Å². The lowest BCUT2D eigenvalue weighted by atomic mass is 10.1. The number of imidazole rings is 1. The van der Waals surface area contributed by atoms with E-state index < -0.39 is 17.9 Å². The molecular formula is C24H23F3N8O2. The molecule has 0 amide bonds. The number of fused-ring (bicyclic) bond motifs is 1. The van der Waals surface area contributed by atoms with E-state index in [0.29, 0.717) is 22.7 Å². The third-order valence-corrected chi connectivity index (χ3v) is 5.83. The molecule has 1 aliphatic heterocycles. The minimum atomic E-state index is -5.19. The Morgan fingerprint density at radius 2 is 1.78 bits per heavy atom. The van der Waals surface area contributed by atoms with Gasteiger partial charge >= 0.3 is 12.1 Å². The number of carbonyl (C=O) groups excluding carboxylic acids is 1. The molecular weight excluding hydrogens is 489 g/mol. The summed E-state index contributed by atoms with van der Waals surface area (Å²) in [7, 11) is 0. The predicted molar refractivity (Wildman–Crippen MR) is 128 cm³/mol. The van der Waals surface area contributed by atoms with Crippen LogP contribution in [-0.4, -0.2) is 66.9 Å². The summed E-state index contributed by atoms with van der Waals surface area (Å²) in [6, 6.07) is 5.13. The van der Waals surface area contributed by atoms with Crippen LogP contribution in [0.4, 0.5) is 19.0 Å². The van der Waals surface area contributed by atoms with E-state index >= 15 is 0 Å². The van der Waals surface area contributed by atoms with Crippen molar-refractivity contribution >= 4 is 17.6 Å². The fraction of sp³-hybridized carbons (Fsp3) is 0.333. The van der Waals surface area contributed by atoms with Crippen LogP contribution in [0.25, 0.3) is 28.3 Å². The molecule has 0 spiro atoms. The van der Waals surface area contributed by atoms with E-state index in [1.165, 1.54) is 18.5 Å². The van der Waals surface area contributed by atoms with Crippen LogP contribution in [0.2, 0.25) is 0 Å². The number of hydrogen-bond acceptors (Lipinski definition) is 9. The maximum absolute atomic E-state index is 13.0. The van der Waals surface area contributed by atoms with Crippen LogP contribution in [0.3, 0.4) is 0 Å². The topological polar surface area (TPSA) is 110 Å². The number of halogens is 3. The second kappa shape index (κ2) is 9.39. The predicted octanol–water partition coefficient (Wildman–Crippen LogP) is 3.21. The smallest absolute Gasteiger partial charge is 0.417 e. The average molecular weight is 512 g/mol. The first-order chi connectivity index (χ1) is 17.6. The summed E-state index contributed by atoms with van der Waals surface area (Å²) in [5.41, 5.74) is 1.80. The zero-order valence-electron chi connectivity index (χ0n) is 20.2. The highest BCUT2D eigenvalue weighted by atomic mass is 19.4. The van der Waals surface area contributed by atoms with Gasteiger partial charge in [-0.05, 0) is 39.0 Å². The Labute approximate surface area is 209 Å². The van der Waals surface area contributed by atoms with Gasteiger partial charge in [0, 0.05) is 61.1 Å². The molecule has 0 bridgehead atoms. The van der Waals surface area contributed by atoms with Gasteiger partial charge in [0.15, 0.2) is 11.6 Å². The highest BCUT2D eigenvalue weighted by Crippen LogP contribution is 2.33. The molecule has 13 heteroatoms. The van der Waals surface area contributed by atoms with E-state index in [1.54, 1.807) is 28.9 Å². The number of aromatic nitrogens is 6. The SMILES string of the molecule is Cc1cn2cc(-c3cnc(-c4ccc(N5C[C@@H](C)N[C@@H](C)C5)nn4)c(OC(=O)C(F)(F)F)c3)cnc2n1. The van der Waals surface area contributed by atoms with Crippen LogP contribution in [0.5, 0.6) is 5.75 Å². The van der Waals surface area contributed by atoms with Crippen molar-refractivity contribution in [1.82, 2.24) is 34.9 Å². The molecule has 0 saturated carbocycles. The lowest BCUT2D eigenvalue weighted by Gasteiger charge is -2.36. The lowest BCUT2D eigenvalue weighted by molar-refractivity contribution is -0.189. The molecule has 4 aromatic rings. The van der Waals surface area contributed by atoms with Crippen molar-refractivity contribution in [3.05, 3.63) is 48.7 Å². The van der Waals surface area contributed by atoms with Gasteiger partial charge in [0.2, 0.25) is 5.78 Å². The Balaban J connectivity index is 1.50. The summed E-state index contributed by atoms with van der Waals surface area (Å²) in [6.45, 7) is 7.41. The van der Waals surface area contributed by atoms with Crippen LogP contribution in [0, 0.1) is 6.92 Å². The van der Waals surface area contributed by atoms with E-state index in [0.717, 1.165) is 18.8 Å². The van der Waals surface area contributed by atoms with Gasteiger partial charge < -0.3 is 15.0 Å². The number of piperazine rings is 1. The molecule has 0 radical (unpaired) electrons. The van der Waals surface area contributed by atoms with Gasteiger partial charge in [-0.25, -0.2) is 19.7 Å². The number of anilines is 1. The zero-order chi connectivity index (χ0) is 26.3. The highest BCUT2D eigenvalue weighted by Gasteiger charge is 2.42. The van der Waals surface area contributed by atoms with Crippen molar-refractivity contribution in [3.8, 4) is 28.3 Å². The van der Waals surface area contributed by atoms with Crippen molar-refractivity contribution in [3.63, 3.8) is 0 Å². The third kappa shape index (κ3) is 5.21. The van der Waals surface area contributed by atoms with E-state index in [-0.39, 0.29) is 23.5 Å². The first-order valence-electron chi connectivity index (χ1n) is 11.5. The third-order valence-electron chi connectivity index (χ3n) is 5.83. The molecule has 1 N–H and O–H groups in total. The number of nitrogens with zero attached hydrogens (tertiary/aromatic N) is 7. The van der Waals surface area contributed by atoms with Gasteiger partial charge in [0.05, 0.1) is 5.69 Å². The first kappa shape index (κ1) is 24.6. The number of pyridine rings is 1. The second-order valence-electron chi connectivity index (χ2n) is 9.04. The number of hydrogen-bond donors (Lipinski definition) is 1. The second-order valence-corrected chi connectivity index (χ2v) is 9.04. The molecule has 1 saturated heterocycles. The Bertz CT molecular complexity index is 1440. The van der Waals surface area contributed by atoms with Gasteiger partial charge in [-0.3, -0.25) is 4.40 Å². The first-order valence-corrected chi connectivity index (χ1v) is 11.5. The van der Waals surface area contributed by atoms with Crippen molar-refractivity contribution in [2.24, 2.45) is 0 Å². The van der Waals surface area contributed by atoms with E-state index in [1.807, 2.05) is 6.92 Å². The standard InChI is InChI=1S/C24H23F3N8O2/c1-13-9-34(10-14(2)30-13)20-5-4-18(32-33-20)21-19(37-22(36)24(25,26)27)6-16(7-28-21)17-8-29-23-31-15(3)11-35(23)12-17/h4-8,11-14,30H,9-10H2,1-3H3/t13-,14+. The Kier molecular flexibility index (Phi) is 6.23. The van der Waals surface area contributed by atoms with Crippen molar-refractivity contribution in [2.75, 3.05) is 18.0 Å². The average Bonchev–Trinajstić information content (AvgIpc) is 3.22. The van der Waals surface area contributed by atoms with Crippen molar-refractivity contribution < 1.29 is 22.7 Å². The molecule has 0 aromatic carbocycles. The molecule has 192 valence electrons. The lowest BCUT2D eigenvalue weighted by Crippen LogP contribution is -2.54. The molecule has 4 aromatic heterocycles. The molecule has 0 aliphatic carbocycles. The molecule has 10 nitrogen and oxygen atoms in total. The van der Waals surface area contributed by atoms with Gasteiger partial charge in [0.1, 0.15) is 11.4 Å². The number of rotatable bonds is 4. The largest absolute Gasteiger partial charge is 0.491 e. The number of carbonyl (C=O) groups is 1. The molecule has 2 atom stereocenters. The normalized spacial score (nSPS) is 18.3. The van der Waals surface area contributed by atoms with Gasteiger partial charge in [-0.15, -0.1) is 10.2 Å². The summed E-state index contributed by atoms with van der Waals surface area (Å²) in [4.78, 5) is 26.6. The van der Waals surface area contributed by atoms with Gasteiger partial charge in [0.25, 0.3) is 0 Å². The Morgan fingerprint density at radius 1 is 1.05 bits per heavy atom. The Hall–Kier alpha value is -4.13.